The minimum Gasteiger partial charge on any atom is -0.406 e. The largest absolute Gasteiger partial charge is 0.573 e. The van der Waals surface area contributed by atoms with Crippen LogP contribution < -0.4 is 15.4 Å². The zero-order valence-corrected chi connectivity index (χ0v) is 16.7. The average molecular weight is 447 g/mol. The Morgan fingerprint density at radius 3 is 2.68 bits per heavy atom. The number of hydrogen-bond donors (Lipinski definition) is 2. The van der Waals surface area contributed by atoms with Crippen molar-refractivity contribution < 1.29 is 27.5 Å². The molecule has 2 aromatic carbocycles. The number of halogens is 3. The Morgan fingerprint density at radius 1 is 1.19 bits per heavy atom. The molecule has 3 aromatic rings. The van der Waals surface area contributed by atoms with Crippen LogP contribution >= 0.6 is 11.3 Å². The zero-order valence-electron chi connectivity index (χ0n) is 15.9. The number of benzene rings is 2. The van der Waals surface area contributed by atoms with Crippen molar-refractivity contribution in [3.63, 3.8) is 0 Å². The second kappa shape index (κ2) is 8.38. The highest BCUT2D eigenvalue weighted by Gasteiger charge is 2.31. The Bertz CT molecular complexity index is 1110. The maximum absolute atomic E-state index is 12.8. The van der Waals surface area contributed by atoms with E-state index in [1.165, 1.54) is 35.6 Å². The molecule has 2 amide bonds. The first-order valence-corrected chi connectivity index (χ1v) is 10.1. The van der Waals surface area contributed by atoms with Gasteiger partial charge in [-0.2, -0.15) is 0 Å². The van der Waals surface area contributed by atoms with E-state index in [0.29, 0.717) is 17.2 Å². The smallest absolute Gasteiger partial charge is 0.406 e. The van der Waals surface area contributed by atoms with E-state index in [1.54, 1.807) is 24.4 Å². The molecule has 6 nitrogen and oxygen atoms in total. The monoisotopic (exact) mass is 447 g/mol. The lowest BCUT2D eigenvalue weighted by molar-refractivity contribution is -0.274. The van der Waals surface area contributed by atoms with Gasteiger partial charge in [-0.15, -0.1) is 24.5 Å². The summed E-state index contributed by atoms with van der Waals surface area (Å²) in [6, 6.07) is 12.7. The summed E-state index contributed by atoms with van der Waals surface area (Å²) in [6.45, 7) is 0. The summed E-state index contributed by atoms with van der Waals surface area (Å²) >= 11 is 1.26. The molecule has 2 N–H and O–H groups in total. The van der Waals surface area contributed by atoms with E-state index >= 15 is 0 Å². The molecule has 0 aliphatic carbocycles. The second-order valence-corrected chi connectivity index (χ2v) is 8.00. The number of anilines is 2. The van der Waals surface area contributed by atoms with Gasteiger partial charge in [0.1, 0.15) is 5.75 Å². The summed E-state index contributed by atoms with van der Waals surface area (Å²) in [7, 11) is 0. The van der Waals surface area contributed by atoms with Crippen LogP contribution in [0.5, 0.6) is 5.75 Å². The van der Waals surface area contributed by atoms with E-state index < -0.39 is 12.3 Å². The standard InChI is InChI=1S/C21H16F3N3O3S/c22-21(23,24)30-13-7-5-12(6-8-13)9-14-11-25-20(31-14)27-19(29)16-10-18(28)26-17-4-2-1-3-15(16)17/h1-8,11,16H,9-10H2,(H,26,28)(H,25,27,29). The number of ether oxygens (including phenoxy) is 1. The van der Waals surface area contributed by atoms with Crippen molar-refractivity contribution >= 4 is 34.0 Å². The minimum absolute atomic E-state index is 0.0490. The van der Waals surface area contributed by atoms with Gasteiger partial charge in [-0.3, -0.25) is 9.59 Å². The van der Waals surface area contributed by atoms with Crippen LogP contribution in [0.3, 0.4) is 0 Å². The molecule has 4 rings (SSSR count). The van der Waals surface area contributed by atoms with Crippen molar-refractivity contribution in [2.75, 3.05) is 10.6 Å². The molecule has 1 aromatic heterocycles. The number of fused-ring (bicyclic) bond motifs is 1. The molecule has 0 radical (unpaired) electrons. The Hall–Kier alpha value is -3.40. The third-order valence-corrected chi connectivity index (χ3v) is 5.55. The molecule has 1 aliphatic heterocycles. The summed E-state index contributed by atoms with van der Waals surface area (Å²) < 4.78 is 40.6. The number of aromatic nitrogens is 1. The lowest BCUT2D eigenvalue weighted by Crippen LogP contribution is -2.30. The predicted molar refractivity (Wildman–Crippen MR) is 109 cm³/mol. The lowest BCUT2D eigenvalue weighted by atomic mass is 9.90. The van der Waals surface area contributed by atoms with E-state index in [4.69, 9.17) is 0 Å². The summed E-state index contributed by atoms with van der Waals surface area (Å²) in [5.41, 5.74) is 2.14. The summed E-state index contributed by atoms with van der Waals surface area (Å²) in [6.07, 6.45) is -2.64. The second-order valence-electron chi connectivity index (χ2n) is 6.88. The number of nitrogens with zero attached hydrogens (tertiary/aromatic N) is 1. The number of amides is 2. The van der Waals surface area contributed by atoms with Crippen LogP contribution in [-0.2, 0) is 16.0 Å². The fraction of sp³-hybridized carbons (Fsp3) is 0.190. The van der Waals surface area contributed by atoms with Crippen LogP contribution in [0.25, 0.3) is 0 Å². The van der Waals surface area contributed by atoms with Crippen LogP contribution in [0.15, 0.2) is 54.7 Å². The van der Waals surface area contributed by atoms with Crippen LogP contribution in [0, 0.1) is 0 Å². The van der Waals surface area contributed by atoms with Gasteiger partial charge >= 0.3 is 6.36 Å². The molecule has 31 heavy (non-hydrogen) atoms. The van der Waals surface area contributed by atoms with Crippen molar-refractivity contribution in [1.82, 2.24) is 4.98 Å². The highest BCUT2D eigenvalue weighted by molar-refractivity contribution is 7.15. The molecule has 0 saturated heterocycles. The number of alkyl halides is 3. The first kappa shape index (κ1) is 20.9. The minimum atomic E-state index is -4.73. The number of carbonyl (C=O) groups is 2. The molecule has 0 bridgehead atoms. The SMILES string of the molecule is O=C1CC(C(=O)Nc2ncc(Cc3ccc(OC(F)(F)F)cc3)s2)c2ccccc2N1. The van der Waals surface area contributed by atoms with Crippen molar-refractivity contribution in [2.45, 2.75) is 25.1 Å². The van der Waals surface area contributed by atoms with E-state index in [0.717, 1.165) is 16.0 Å². The number of para-hydroxylation sites is 1. The van der Waals surface area contributed by atoms with Gasteiger partial charge < -0.3 is 15.4 Å². The predicted octanol–water partition coefficient (Wildman–Crippen LogP) is 4.70. The topological polar surface area (TPSA) is 80.3 Å². The quantitative estimate of drug-likeness (QED) is 0.594. The maximum Gasteiger partial charge on any atom is 0.573 e. The maximum atomic E-state index is 12.8. The molecular formula is C21H16F3N3O3S. The normalized spacial score (nSPS) is 15.7. The van der Waals surface area contributed by atoms with E-state index in [-0.39, 0.29) is 24.0 Å². The van der Waals surface area contributed by atoms with Crippen LogP contribution in [-0.4, -0.2) is 23.2 Å². The lowest BCUT2D eigenvalue weighted by Gasteiger charge is -2.24. The third-order valence-electron chi connectivity index (χ3n) is 4.64. The molecule has 10 heteroatoms. The van der Waals surface area contributed by atoms with Gasteiger partial charge in [0.25, 0.3) is 0 Å². The summed E-state index contributed by atoms with van der Waals surface area (Å²) in [5, 5.41) is 5.90. The van der Waals surface area contributed by atoms with E-state index in [9.17, 15) is 22.8 Å². The van der Waals surface area contributed by atoms with Crippen LogP contribution in [0.2, 0.25) is 0 Å². The van der Waals surface area contributed by atoms with Gasteiger partial charge in [0.15, 0.2) is 5.13 Å². The van der Waals surface area contributed by atoms with Gasteiger partial charge in [0.2, 0.25) is 11.8 Å². The highest BCUT2D eigenvalue weighted by Crippen LogP contribution is 2.33. The molecule has 1 aliphatic rings. The van der Waals surface area contributed by atoms with Crippen LogP contribution in [0.1, 0.15) is 28.3 Å². The van der Waals surface area contributed by atoms with Gasteiger partial charge in [-0.05, 0) is 29.3 Å². The number of thiazole rings is 1. The molecule has 0 fully saturated rings. The first-order chi connectivity index (χ1) is 14.8. The molecule has 1 atom stereocenters. The summed E-state index contributed by atoms with van der Waals surface area (Å²) in [4.78, 5) is 29.7. The molecule has 2 heterocycles. The number of hydrogen-bond acceptors (Lipinski definition) is 5. The van der Waals surface area contributed by atoms with E-state index in [2.05, 4.69) is 20.4 Å². The number of nitrogens with one attached hydrogen (secondary N) is 2. The fourth-order valence-corrected chi connectivity index (χ4v) is 4.14. The highest BCUT2D eigenvalue weighted by atomic mass is 32.1. The van der Waals surface area contributed by atoms with Gasteiger partial charge in [0.05, 0.1) is 5.92 Å². The molecule has 0 spiro atoms. The van der Waals surface area contributed by atoms with Gasteiger partial charge in [-0.25, -0.2) is 4.98 Å². The zero-order chi connectivity index (χ0) is 22.0. The van der Waals surface area contributed by atoms with E-state index in [1.807, 2.05) is 6.07 Å². The molecule has 0 saturated carbocycles. The average Bonchev–Trinajstić information content (AvgIpc) is 3.14. The molecule has 160 valence electrons. The van der Waals surface area contributed by atoms with Crippen molar-refractivity contribution in [3.8, 4) is 5.75 Å². The Balaban J connectivity index is 1.40. The molecule has 1 unspecified atom stereocenters. The number of rotatable bonds is 5. The fourth-order valence-electron chi connectivity index (χ4n) is 3.29. The first-order valence-electron chi connectivity index (χ1n) is 9.26. The van der Waals surface area contributed by atoms with Crippen molar-refractivity contribution in [1.29, 1.82) is 0 Å². The Labute approximate surface area is 179 Å². The van der Waals surface area contributed by atoms with Crippen molar-refractivity contribution in [3.05, 3.63) is 70.7 Å². The Morgan fingerprint density at radius 2 is 1.94 bits per heavy atom. The Kier molecular flexibility index (Phi) is 5.64. The van der Waals surface area contributed by atoms with Gasteiger partial charge in [0, 0.05) is 29.6 Å². The molecular weight excluding hydrogens is 431 g/mol. The summed E-state index contributed by atoms with van der Waals surface area (Å²) in [5.74, 6) is -1.45. The third kappa shape index (κ3) is 5.21. The number of carbonyl (C=O) groups excluding carboxylic acids is 2. The van der Waals surface area contributed by atoms with Crippen molar-refractivity contribution in [2.24, 2.45) is 0 Å². The van der Waals surface area contributed by atoms with Crippen LogP contribution in [0.4, 0.5) is 24.0 Å². The van der Waals surface area contributed by atoms with Gasteiger partial charge in [-0.1, -0.05) is 30.3 Å².